The van der Waals surface area contributed by atoms with Crippen LogP contribution in [0.2, 0.25) is 0 Å². The van der Waals surface area contributed by atoms with Crippen molar-refractivity contribution in [3.63, 3.8) is 0 Å². The van der Waals surface area contributed by atoms with E-state index < -0.39 is 11.7 Å². The van der Waals surface area contributed by atoms with E-state index in [9.17, 15) is 13.2 Å². The van der Waals surface area contributed by atoms with E-state index in [2.05, 4.69) is 75.8 Å². The maximum absolute atomic E-state index is 13.6. The zero-order valence-corrected chi connectivity index (χ0v) is 22.9. The van der Waals surface area contributed by atoms with Gasteiger partial charge in [0.25, 0.3) is 0 Å². The molecule has 5 aromatic rings. The molecule has 0 spiro atoms. The van der Waals surface area contributed by atoms with E-state index in [0.29, 0.717) is 5.39 Å². The molecule has 0 unspecified atom stereocenters. The summed E-state index contributed by atoms with van der Waals surface area (Å²) in [6.07, 6.45) is -1.13. The second kappa shape index (κ2) is 8.80. The lowest BCUT2D eigenvalue weighted by Crippen LogP contribution is -2.10. The summed E-state index contributed by atoms with van der Waals surface area (Å²) in [5, 5.41) is 2.50. The Kier molecular flexibility index (Phi) is 6.10. The summed E-state index contributed by atoms with van der Waals surface area (Å²) in [6, 6.07) is 14.5. The highest BCUT2D eigenvalue weighted by atomic mass is 32.1. The number of alkyl halides is 3. The highest BCUT2D eigenvalue weighted by molar-refractivity contribution is 7.26. The molecule has 0 aliphatic heterocycles. The molecular formula is C31H31F3N2S. The quantitative estimate of drug-likeness (QED) is 0.237. The molecule has 192 valence electrons. The number of hydrogen-bond donors (Lipinski definition) is 0. The summed E-state index contributed by atoms with van der Waals surface area (Å²) >= 11 is 1.65. The van der Waals surface area contributed by atoms with Crippen molar-refractivity contribution in [1.82, 2.24) is 9.97 Å². The van der Waals surface area contributed by atoms with E-state index in [0.717, 1.165) is 55.4 Å². The fraction of sp³-hybridized carbons (Fsp3) is 0.355. The summed E-state index contributed by atoms with van der Waals surface area (Å²) in [5.41, 5.74) is 4.27. The zero-order chi connectivity index (χ0) is 26.8. The third-order valence-electron chi connectivity index (χ3n) is 6.41. The highest BCUT2D eigenvalue weighted by Gasteiger charge is 2.31. The lowest BCUT2D eigenvalue weighted by Gasteiger charge is -2.21. The summed E-state index contributed by atoms with van der Waals surface area (Å²) in [5.74, 6) is 0. The predicted octanol–water partition coefficient (Wildman–Crippen LogP) is 9.86. The summed E-state index contributed by atoms with van der Waals surface area (Å²) in [6.45, 7) is 13.1. The third kappa shape index (κ3) is 5.35. The SMILES string of the molecule is CC(C)(C)Cc1ccc2c(c1)sc1c(-c3cc(CC(C)(C)C)c4ccc(C(F)(F)F)cc4c3)ncnc12. The number of thiophene rings is 1. The van der Waals surface area contributed by atoms with Crippen LogP contribution in [0, 0.1) is 10.8 Å². The Morgan fingerprint density at radius 3 is 2.14 bits per heavy atom. The van der Waals surface area contributed by atoms with Crippen LogP contribution < -0.4 is 0 Å². The molecular weight excluding hydrogens is 489 g/mol. The first-order valence-electron chi connectivity index (χ1n) is 12.5. The van der Waals surface area contributed by atoms with Crippen molar-refractivity contribution in [2.24, 2.45) is 10.8 Å². The second-order valence-electron chi connectivity index (χ2n) is 12.4. The van der Waals surface area contributed by atoms with Gasteiger partial charge in [0.2, 0.25) is 0 Å². The van der Waals surface area contributed by atoms with Crippen LogP contribution in [-0.4, -0.2) is 9.97 Å². The van der Waals surface area contributed by atoms with Gasteiger partial charge >= 0.3 is 6.18 Å². The zero-order valence-electron chi connectivity index (χ0n) is 22.0. The molecule has 2 nitrogen and oxygen atoms in total. The van der Waals surface area contributed by atoms with Crippen LogP contribution in [0.3, 0.4) is 0 Å². The van der Waals surface area contributed by atoms with Crippen LogP contribution in [-0.2, 0) is 19.0 Å². The van der Waals surface area contributed by atoms with E-state index >= 15 is 0 Å². The fourth-order valence-electron chi connectivity index (χ4n) is 5.03. The van der Waals surface area contributed by atoms with Crippen LogP contribution in [0.4, 0.5) is 13.2 Å². The molecule has 2 aromatic heterocycles. The first-order valence-corrected chi connectivity index (χ1v) is 13.3. The smallest absolute Gasteiger partial charge is 0.235 e. The topological polar surface area (TPSA) is 25.8 Å². The Balaban J connectivity index is 1.73. The maximum atomic E-state index is 13.6. The van der Waals surface area contributed by atoms with Gasteiger partial charge in [0, 0.05) is 15.6 Å². The van der Waals surface area contributed by atoms with Crippen molar-refractivity contribution in [3.05, 3.63) is 71.5 Å². The van der Waals surface area contributed by atoms with Crippen LogP contribution in [0.5, 0.6) is 0 Å². The number of hydrogen-bond acceptors (Lipinski definition) is 3. The molecule has 0 amide bonds. The average Bonchev–Trinajstić information content (AvgIpc) is 3.13. The minimum atomic E-state index is -4.40. The summed E-state index contributed by atoms with van der Waals surface area (Å²) in [4.78, 5) is 9.25. The van der Waals surface area contributed by atoms with Crippen molar-refractivity contribution in [3.8, 4) is 11.3 Å². The number of nitrogens with zero attached hydrogens (tertiary/aromatic N) is 2. The first kappa shape index (κ1) is 25.7. The molecule has 0 saturated carbocycles. The average molecular weight is 521 g/mol. The predicted molar refractivity (Wildman–Crippen MR) is 149 cm³/mol. The van der Waals surface area contributed by atoms with E-state index in [4.69, 9.17) is 0 Å². The molecule has 0 aliphatic carbocycles. The first-order chi connectivity index (χ1) is 17.2. The number of benzene rings is 3. The Hall–Kier alpha value is -2.99. The largest absolute Gasteiger partial charge is 0.416 e. The molecule has 0 N–H and O–H groups in total. The Bertz CT molecular complexity index is 1630. The lowest BCUT2D eigenvalue weighted by molar-refractivity contribution is -0.137. The fourth-order valence-corrected chi connectivity index (χ4v) is 6.26. The molecule has 0 aliphatic rings. The van der Waals surface area contributed by atoms with Crippen LogP contribution >= 0.6 is 11.3 Å². The number of aromatic nitrogens is 2. The van der Waals surface area contributed by atoms with E-state index in [1.54, 1.807) is 23.7 Å². The monoisotopic (exact) mass is 520 g/mol. The molecule has 0 bridgehead atoms. The standard InChI is InChI=1S/C31H31F3N2S/c1-29(2,3)15-18-7-9-24-25(11-18)37-28-26(35-17-36-27(24)28)20-12-19-14-22(31(32,33)34)8-10-23(19)21(13-20)16-30(4,5)6/h7-14,17H,15-16H2,1-6H3. The number of fused-ring (bicyclic) bond motifs is 4. The van der Waals surface area contributed by atoms with Gasteiger partial charge in [-0.25, -0.2) is 9.97 Å². The third-order valence-corrected chi connectivity index (χ3v) is 7.56. The van der Waals surface area contributed by atoms with Gasteiger partial charge in [-0.15, -0.1) is 11.3 Å². The van der Waals surface area contributed by atoms with Gasteiger partial charge in [-0.1, -0.05) is 59.7 Å². The Morgan fingerprint density at radius 2 is 1.46 bits per heavy atom. The summed E-state index contributed by atoms with van der Waals surface area (Å²) < 4.78 is 42.8. The molecule has 3 aromatic carbocycles. The molecule has 37 heavy (non-hydrogen) atoms. The van der Waals surface area contributed by atoms with Gasteiger partial charge in [-0.3, -0.25) is 0 Å². The van der Waals surface area contributed by atoms with Crippen molar-refractivity contribution in [2.75, 3.05) is 0 Å². The maximum Gasteiger partial charge on any atom is 0.416 e. The Labute approximate surface area is 219 Å². The van der Waals surface area contributed by atoms with Crippen molar-refractivity contribution >= 4 is 42.4 Å². The minimum absolute atomic E-state index is 0.0314. The minimum Gasteiger partial charge on any atom is -0.235 e. The molecule has 0 saturated heterocycles. The second-order valence-corrected chi connectivity index (χ2v) is 13.4. The van der Waals surface area contributed by atoms with Crippen molar-refractivity contribution in [1.29, 1.82) is 0 Å². The number of halogens is 3. The molecule has 2 heterocycles. The molecule has 5 rings (SSSR count). The van der Waals surface area contributed by atoms with Crippen LogP contribution in [0.15, 0.2) is 54.9 Å². The Morgan fingerprint density at radius 1 is 0.757 bits per heavy atom. The molecule has 6 heteroatoms. The van der Waals surface area contributed by atoms with Gasteiger partial charge in [0.05, 0.1) is 21.5 Å². The highest BCUT2D eigenvalue weighted by Crippen LogP contribution is 2.41. The van der Waals surface area contributed by atoms with Crippen molar-refractivity contribution in [2.45, 2.75) is 60.6 Å². The number of rotatable bonds is 3. The van der Waals surface area contributed by atoms with Gasteiger partial charge < -0.3 is 0 Å². The normalized spacial score (nSPS) is 13.2. The molecule has 0 radical (unpaired) electrons. The van der Waals surface area contributed by atoms with Gasteiger partial charge in [-0.05, 0) is 75.9 Å². The van der Waals surface area contributed by atoms with E-state index in [1.165, 1.54) is 17.7 Å². The summed E-state index contributed by atoms with van der Waals surface area (Å²) in [7, 11) is 0. The molecule has 0 atom stereocenters. The van der Waals surface area contributed by atoms with E-state index in [-0.39, 0.29) is 10.8 Å². The van der Waals surface area contributed by atoms with E-state index in [1.807, 2.05) is 6.07 Å². The van der Waals surface area contributed by atoms with Gasteiger partial charge in [-0.2, -0.15) is 13.2 Å². The van der Waals surface area contributed by atoms with Gasteiger partial charge in [0.15, 0.2) is 0 Å². The van der Waals surface area contributed by atoms with Crippen LogP contribution in [0.1, 0.15) is 58.2 Å². The lowest BCUT2D eigenvalue weighted by atomic mass is 9.85. The van der Waals surface area contributed by atoms with Crippen molar-refractivity contribution < 1.29 is 13.2 Å². The van der Waals surface area contributed by atoms with Crippen LogP contribution in [0.25, 0.3) is 42.3 Å². The van der Waals surface area contributed by atoms with Gasteiger partial charge in [0.1, 0.15) is 6.33 Å². The molecule has 0 fully saturated rings.